The van der Waals surface area contributed by atoms with E-state index in [4.69, 9.17) is 0 Å². The Morgan fingerprint density at radius 2 is 2.38 bits per heavy atom. The summed E-state index contributed by atoms with van der Waals surface area (Å²) in [5, 5.41) is 0.848. The van der Waals surface area contributed by atoms with Crippen molar-refractivity contribution in [1.82, 2.24) is 0 Å². The number of halogens is 1. The fourth-order valence-corrected chi connectivity index (χ4v) is 1.48. The van der Waals surface area contributed by atoms with Gasteiger partial charge >= 0.3 is 0 Å². The van der Waals surface area contributed by atoms with E-state index in [1.54, 1.807) is 0 Å². The van der Waals surface area contributed by atoms with Gasteiger partial charge in [-0.05, 0) is 18.8 Å². The van der Waals surface area contributed by atoms with Crippen LogP contribution in [0.5, 0.6) is 0 Å². The van der Waals surface area contributed by atoms with Gasteiger partial charge in [0.15, 0.2) is 0 Å². The van der Waals surface area contributed by atoms with E-state index in [2.05, 4.69) is 15.9 Å². The Labute approximate surface area is 57.6 Å². The molecule has 1 aliphatic carbocycles. The lowest BCUT2D eigenvalue weighted by molar-refractivity contribution is -0.110. The Morgan fingerprint density at radius 1 is 1.75 bits per heavy atom. The summed E-state index contributed by atoms with van der Waals surface area (Å²) in [5.74, 6) is 1.02. The number of rotatable bonds is 3. The maximum atomic E-state index is 10.2. The highest BCUT2D eigenvalue weighted by Gasteiger charge is 2.29. The van der Waals surface area contributed by atoms with Gasteiger partial charge in [0, 0.05) is 11.2 Å². The first-order valence-corrected chi connectivity index (χ1v) is 4.02. The maximum Gasteiger partial charge on any atom is 0.124 e. The van der Waals surface area contributed by atoms with Gasteiger partial charge in [-0.3, -0.25) is 0 Å². The third kappa shape index (κ3) is 1.31. The van der Waals surface area contributed by atoms with Crippen molar-refractivity contribution in [2.45, 2.75) is 12.8 Å². The van der Waals surface area contributed by atoms with Crippen molar-refractivity contribution in [3.8, 4) is 0 Å². The van der Waals surface area contributed by atoms with E-state index in [9.17, 15) is 4.79 Å². The van der Waals surface area contributed by atoms with Crippen LogP contribution in [0.15, 0.2) is 0 Å². The largest absolute Gasteiger partial charge is 0.303 e. The Morgan fingerprint density at radius 3 is 2.50 bits per heavy atom. The quantitative estimate of drug-likeness (QED) is 0.472. The van der Waals surface area contributed by atoms with Crippen molar-refractivity contribution in [1.29, 1.82) is 0 Å². The molecular weight excluding hydrogens is 168 g/mol. The summed E-state index contributed by atoms with van der Waals surface area (Å²) in [4.78, 5) is 10.2. The van der Waals surface area contributed by atoms with E-state index in [-0.39, 0.29) is 0 Å². The normalized spacial score (nSPS) is 22.6. The molecule has 0 radical (unpaired) electrons. The molecule has 1 fully saturated rings. The van der Waals surface area contributed by atoms with E-state index >= 15 is 0 Å². The monoisotopic (exact) mass is 176 g/mol. The first-order chi connectivity index (χ1) is 3.88. The van der Waals surface area contributed by atoms with Gasteiger partial charge in [0.1, 0.15) is 6.29 Å². The van der Waals surface area contributed by atoms with Crippen LogP contribution in [0.3, 0.4) is 0 Å². The average molecular weight is 177 g/mol. The van der Waals surface area contributed by atoms with Crippen molar-refractivity contribution in [2.24, 2.45) is 11.8 Å². The SMILES string of the molecule is O=CC(CBr)C1CC1. The molecule has 0 aromatic carbocycles. The molecule has 1 unspecified atom stereocenters. The molecule has 8 heavy (non-hydrogen) atoms. The zero-order chi connectivity index (χ0) is 5.98. The van der Waals surface area contributed by atoms with E-state index in [1.807, 2.05) is 0 Å². The lowest BCUT2D eigenvalue weighted by Gasteiger charge is -1.99. The molecule has 1 atom stereocenters. The second kappa shape index (κ2) is 2.62. The van der Waals surface area contributed by atoms with Crippen molar-refractivity contribution in [2.75, 3.05) is 5.33 Å². The molecule has 1 aliphatic rings. The van der Waals surface area contributed by atoms with Crippen LogP contribution >= 0.6 is 15.9 Å². The summed E-state index contributed by atoms with van der Waals surface area (Å²) in [5.41, 5.74) is 0. The van der Waals surface area contributed by atoms with Crippen LogP contribution in [-0.2, 0) is 4.79 Å². The second-order valence-electron chi connectivity index (χ2n) is 2.29. The Bertz CT molecular complexity index is 88.5. The van der Waals surface area contributed by atoms with Crippen molar-refractivity contribution < 1.29 is 4.79 Å². The summed E-state index contributed by atoms with van der Waals surface area (Å²) >= 11 is 3.29. The van der Waals surface area contributed by atoms with Gasteiger partial charge in [-0.25, -0.2) is 0 Å². The zero-order valence-corrected chi connectivity index (χ0v) is 6.23. The van der Waals surface area contributed by atoms with Gasteiger partial charge in [0.2, 0.25) is 0 Å². The van der Waals surface area contributed by atoms with Crippen LogP contribution in [-0.4, -0.2) is 11.6 Å². The van der Waals surface area contributed by atoms with Crippen LogP contribution in [0, 0.1) is 11.8 Å². The van der Waals surface area contributed by atoms with Gasteiger partial charge in [0.05, 0.1) is 0 Å². The highest BCUT2D eigenvalue weighted by molar-refractivity contribution is 9.09. The molecule has 1 rings (SSSR count). The molecule has 0 aromatic heterocycles. The number of alkyl halides is 1. The summed E-state index contributed by atoms with van der Waals surface area (Å²) < 4.78 is 0. The summed E-state index contributed by atoms with van der Waals surface area (Å²) in [6.45, 7) is 0. The first kappa shape index (κ1) is 6.27. The van der Waals surface area contributed by atoms with Gasteiger partial charge in [-0.1, -0.05) is 15.9 Å². The lowest BCUT2D eigenvalue weighted by atomic mass is 10.1. The third-order valence-corrected chi connectivity index (χ3v) is 2.33. The van der Waals surface area contributed by atoms with Gasteiger partial charge in [-0.15, -0.1) is 0 Å². The number of carbonyl (C=O) groups excluding carboxylic acids is 1. The highest BCUT2D eigenvalue weighted by atomic mass is 79.9. The minimum Gasteiger partial charge on any atom is -0.303 e. The molecule has 0 N–H and O–H groups in total. The Kier molecular flexibility index (Phi) is 2.06. The molecule has 46 valence electrons. The van der Waals surface area contributed by atoms with Crippen LogP contribution in [0.1, 0.15) is 12.8 Å². The van der Waals surface area contributed by atoms with Gasteiger partial charge in [0.25, 0.3) is 0 Å². The van der Waals surface area contributed by atoms with E-state index in [0.717, 1.165) is 11.6 Å². The van der Waals surface area contributed by atoms with Crippen LogP contribution in [0.2, 0.25) is 0 Å². The predicted octanol–water partition coefficient (Wildman–Crippen LogP) is 1.61. The molecule has 0 spiro atoms. The Balaban J connectivity index is 2.25. The molecule has 0 bridgehead atoms. The highest BCUT2D eigenvalue weighted by Crippen LogP contribution is 2.36. The molecule has 0 heterocycles. The van der Waals surface area contributed by atoms with Gasteiger partial charge < -0.3 is 4.79 Å². The zero-order valence-electron chi connectivity index (χ0n) is 4.64. The minimum atomic E-state index is 0.301. The minimum absolute atomic E-state index is 0.301. The van der Waals surface area contributed by atoms with Crippen LogP contribution in [0.25, 0.3) is 0 Å². The number of carbonyl (C=O) groups is 1. The molecule has 0 amide bonds. The van der Waals surface area contributed by atoms with E-state index < -0.39 is 0 Å². The lowest BCUT2D eigenvalue weighted by Crippen LogP contribution is -2.04. The molecule has 0 aromatic rings. The second-order valence-corrected chi connectivity index (χ2v) is 2.94. The number of aldehydes is 1. The summed E-state index contributed by atoms with van der Waals surface area (Å²) in [7, 11) is 0. The maximum absolute atomic E-state index is 10.2. The Hall–Kier alpha value is 0.150. The standard InChI is InChI=1S/C6H9BrO/c7-3-6(4-8)5-1-2-5/h4-6H,1-3H2. The summed E-state index contributed by atoms with van der Waals surface area (Å²) in [6.07, 6.45) is 3.58. The predicted molar refractivity (Wildman–Crippen MR) is 36.1 cm³/mol. The fourth-order valence-electron chi connectivity index (χ4n) is 0.798. The fraction of sp³-hybridized carbons (Fsp3) is 0.833. The molecule has 0 saturated heterocycles. The summed E-state index contributed by atoms with van der Waals surface area (Å²) in [6, 6.07) is 0. The van der Waals surface area contributed by atoms with Crippen LogP contribution < -0.4 is 0 Å². The first-order valence-electron chi connectivity index (χ1n) is 2.89. The van der Waals surface area contributed by atoms with E-state index in [0.29, 0.717) is 11.8 Å². The topological polar surface area (TPSA) is 17.1 Å². The average Bonchev–Trinajstić information content (AvgIpc) is 2.53. The van der Waals surface area contributed by atoms with Crippen molar-refractivity contribution in [3.05, 3.63) is 0 Å². The molecule has 2 heteroatoms. The van der Waals surface area contributed by atoms with Crippen molar-refractivity contribution in [3.63, 3.8) is 0 Å². The van der Waals surface area contributed by atoms with Gasteiger partial charge in [-0.2, -0.15) is 0 Å². The molecule has 1 saturated carbocycles. The smallest absolute Gasteiger partial charge is 0.124 e. The molecule has 1 nitrogen and oxygen atoms in total. The molecular formula is C6H9BrO. The third-order valence-electron chi connectivity index (χ3n) is 1.58. The van der Waals surface area contributed by atoms with E-state index in [1.165, 1.54) is 12.8 Å². The number of hydrogen-bond acceptors (Lipinski definition) is 1. The number of hydrogen-bond donors (Lipinski definition) is 0. The van der Waals surface area contributed by atoms with Crippen molar-refractivity contribution >= 4 is 22.2 Å². The molecule has 0 aliphatic heterocycles. The van der Waals surface area contributed by atoms with Crippen LogP contribution in [0.4, 0.5) is 0 Å².